The highest BCUT2D eigenvalue weighted by molar-refractivity contribution is 7.05. The van der Waals surface area contributed by atoms with Gasteiger partial charge in [-0.05, 0) is 52.1 Å². The molecule has 0 aromatic carbocycles. The quantitative estimate of drug-likeness (QED) is 0.923. The minimum absolute atomic E-state index is 0.0837. The van der Waals surface area contributed by atoms with E-state index in [1.54, 1.807) is 0 Å². The normalized spacial score (nSPS) is 26.5. The molecule has 2 heterocycles. The molecular formula is C14H24N2O2S. The van der Waals surface area contributed by atoms with Crippen LogP contribution in [-0.2, 0) is 11.2 Å². The van der Waals surface area contributed by atoms with Crippen LogP contribution in [0.3, 0.4) is 0 Å². The second-order valence-electron chi connectivity index (χ2n) is 6.55. The molecule has 108 valence electrons. The molecule has 0 saturated carbocycles. The van der Waals surface area contributed by atoms with Gasteiger partial charge in [0.1, 0.15) is 0 Å². The highest BCUT2D eigenvalue weighted by atomic mass is 32.1. The molecule has 1 N–H and O–H groups in total. The second-order valence-corrected chi connectivity index (χ2v) is 7.34. The summed E-state index contributed by atoms with van der Waals surface area (Å²) in [6.07, 6.45) is 2.21. The smallest absolute Gasteiger partial charge is 0.0973 e. The lowest BCUT2D eigenvalue weighted by atomic mass is 9.82. The monoisotopic (exact) mass is 284 g/mol. The Balaban J connectivity index is 2.24. The van der Waals surface area contributed by atoms with Crippen LogP contribution in [0.15, 0.2) is 0 Å². The van der Waals surface area contributed by atoms with Crippen LogP contribution in [0.4, 0.5) is 0 Å². The van der Waals surface area contributed by atoms with E-state index in [0.717, 1.165) is 29.8 Å². The van der Waals surface area contributed by atoms with Gasteiger partial charge >= 0.3 is 0 Å². The van der Waals surface area contributed by atoms with Crippen molar-refractivity contribution in [3.63, 3.8) is 0 Å². The zero-order valence-electron chi connectivity index (χ0n) is 12.4. The van der Waals surface area contributed by atoms with E-state index < -0.39 is 6.10 Å². The minimum Gasteiger partial charge on any atom is -0.387 e. The lowest BCUT2D eigenvalue weighted by molar-refractivity contribution is -0.0877. The van der Waals surface area contributed by atoms with E-state index in [4.69, 9.17) is 4.74 Å². The van der Waals surface area contributed by atoms with Gasteiger partial charge < -0.3 is 9.84 Å². The first kappa shape index (κ1) is 14.9. The number of aromatic nitrogens is 2. The summed E-state index contributed by atoms with van der Waals surface area (Å²) in [7, 11) is 0. The van der Waals surface area contributed by atoms with Gasteiger partial charge in [-0.15, -0.1) is 5.10 Å². The van der Waals surface area contributed by atoms with Gasteiger partial charge in [0.05, 0.1) is 27.9 Å². The Labute approximate surface area is 119 Å². The molecule has 1 aromatic rings. The number of hydrogen-bond donors (Lipinski definition) is 1. The number of hydrogen-bond acceptors (Lipinski definition) is 5. The Morgan fingerprint density at radius 1 is 1.42 bits per heavy atom. The van der Waals surface area contributed by atoms with E-state index in [9.17, 15) is 5.11 Å². The van der Waals surface area contributed by atoms with Crippen LogP contribution in [0.25, 0.3) is 0 Å². The molecule has 1 aliphatic heterocycles. The summed E-state index contributed by atoms with van der Waals surface area (Å²) < 4.78 is 10.1. The van der Waals surface area contributed by atoms with Gasteiger partial charge in [0.2, 0.25) is 0 Å². The van der Waals surface area contributed by atoms with Gasteiger partial charge in [-0.3, -0.25) is 0 Å². The average molecular weight is 284 g/mol. The van der Waals surface area contributed by atoms with Crippen LogP contribution >= 0.6 is 11.5 Å². The van der Waals surface area contributed by atoms with Crippen molar-refractivity contribution in [2.45, 2.75) is 71.2 Å². The maximum absolute atomic E-state index is 10.7. The van der Waals surface area contributed by atoms with E-state index >= 15 is 0 Å². The molecule has 2 atom stereocenters. The molecule has 19 heavy (non-hydrogen) atoms. The Bertz CT molecular complexity index is 442. The fraction of sp³-hybridized carbons (Fsp3) is 0.857. The average Bonchev–Trinajstić information content (AvgIpc) is 2.80. The topological polar surface area (TPSA) is 55.2 Å². The van der Waals surface area contributed by atoms with Crippen molar-refractivity contribution in [2.75, 3.05) is 0 Å². The first-order valence-electron chi connectivity index (χ1n) is 6.96. The number of nitrogens with zero attached hydrogens (tertiary/aromatic N) is 2. The zero-order valence-corrected chi connectivity index (χ0v) is 13.3. The third kappa shape index (κ3) is 2.98. The Kier molecular flexibility index (Phi) is 4.00. The molecule has 2 unspecified atom stereocenters. The molecule has 0 spiro atoms. The summed E-state index contributed by atoms with van der Waals surface area (Å²) in [6, 6.07) is 0. The highest BCUT2D eigenvalue weighted by Gasteiger charge is 2.49. The van der Waals surface area contributed by atoms with Crippen LogP contribution in [0.5, 0.6) is 0 Å². The SMILES string of the molecule is CCCc1nnsc1C(O)C1CC(C)(C)OC1(C)C. The molecule has 5 heteroatoms. The van der Waals surface area contributed by atoms with E-state index in [1.807, 2.05) is 0 Å². The van der Waals surface area contributed by atoms with Crippen molar-refractivity contribution in [3.05, 3.63) is 10.6 Å². The number of aliphatic hydroxyl groups excluding tert-OH is 1. The first-order valence-corrected chi connectivity index (χ1v) is 7.73. The summed E-state index contributed by atoms with van der Waals surface area (Å²) in [5.41, 5.74) is 0.440. The molecule has 0 aliphatic carbocycles. The fourth-order valence-corrected chi connectivity index (χ4v) is 3.88. The number of ether oxygens (including phenoxy) is 1. The number of aryl methyl sites for hydroxylation is 1. The molecule has 0 amide bonds. The molecule has 1 saturated heterocycles. The summed E-state index contributed by atoms with van der Waals surface area (Å²) in [4.78, 5) is 0.918. The van der Waals surface area contributed by atoms with Gasteiger partial charge in [-0.25, -0.2) is 0 Å². The van der Waals surface area contributed by atoms with Crippen molar-refractivity contribution in [2.24, 2.45) is 5.92 Å². The van der Waals surface area contributed by atoms with Gasteiger partial charge in [0.25, 0.3) is 0 Å². The fourth-order valence-electron chi connectivity index (χ4n) is 3.13. The lowest BCUT2D eigenvalue weighted by Crippen LogP contribution is -2.32. The molecule has 1 aliphatic rings. The van der Waals surface area contributed by atoms with Gasteiger partial charge in [0.15, 0.2) is 0 Å². The summed E-state index contributed by atoms with van der Waals surface area (Å²) >= 11 is 1.32. The third-order valence-corrected chi connectivity index (χ3v) is 4.70. The van der Waals surface area contributed by atoms with Crippen LogP contribution in [0.2, 0.25) is 0 Å². The van der Waals surface area contributed by atoms with Crippen LogP contribution in [0.1, 0.15) is 64.1 Å². The van der Waals surface area contributed by atoms with Crippen molar-refractivity contribution in [3.8, 4) is 0 Å². The van der Waals surface area contributed by atoms with Gasteiger partial charge in [-0.1, -0.05) is 17.8 Å². The predicted molar refractivity (Wildman–Crippen MR) is 76.2 cm³/mol. The molecule has 4 nitrogen and oxygen atoms in total. The molecule has 2 rings (SSSR count). The van der Waals surface area contributed by atoms with E-state index in [1.165, 1.54) is 11.5 Å². The number of rotatable bonds is 4. The van der Waals surface area contributed by atoms with Crippen LogP contribution < -0.4 is 0 Å². The molecule has 0 bridgehead atoms. The maximum atomic E-state index is 10.7. The summed E-state index contributed by atoms with van der Waals surface area (Å²) in [5, 5.41) is 14.9. The van der Waals surface area contributed by atoms with Gasteiger partial charge in [0, 0.05) is 5.92 Å². The van der Waals surface area contributed by atoms with Crippen molar-refractivity contribution in [1.82, 2.24) is 9.59 Å². The Morgan fingerprint density at radius 3 is 2.63 bits per heavy atom. The minimum atomic E-state index is -0.529. The Morgan fingerprint density at radius 2 is 2.11 bits per heavy atom. The molecule has 1 aromatic heterocycles. The van der Waals surface area contributed by atoms with E-state index in [2.05, 4.69) is 44.2 Å². The molecule has 1 fully saturated rings. The third-order valence-electron chi connectivity index (χ3n) is 3.87. The highest BCUT2D eigenvalue weighted by Crippen LogP contribution is 2.48. The van der Waals surface area contributed by atoms with Crippen molar-refractivity contribution < 1.29 is 9.84 Å². The molecule has 0 radical (unpaired) electrons. The summed E-state index contributed by atoms with van der Waals surface area (Å²) in [5.74, 6) is 0.0837. The Hall–Kier alpha value is -0.520. The largest absolute Gasteiger partial charge is 0.387 e. The van der Waals surface area contributed by atoms with Crippen LogP contribution in [0, 0.1) is 5.92 Å². The second kappa shape index (κ2) is 5.11. The van der Waals surface area contributed by atoms with E-state index in [-0.39, 0.29) is 17.1 Å². The standard InChI is InChI=1S/C14H24N2O2S/c1-6-7-10-12(19-16-15-10)11(17)9-8-13(2,3)18-14(9,4)5/h9,11,17H,6-8H2,1-5H3. The van der Waals surface area contributed by atoms with E-state index in [0.29, 0.717) is 0 Å². The van der Waals surface area contributed by atoms with Crippen molar-refractivity contribution >= 4 is 11.5 Å². The summed E-state index contributed by atoms with van der Waals surface area (Å²) in [6.45, 7) is 10.4. The van der Waals surface area contributed by atoms with Gasteiger partial charge in [-0.2, -0.15) is 0 Å². The lowest BCUT2D eigenvalue weighted by Gasteiger charge is -2.29. The zero-order chi connectivity index (χ0) is 14.3. The maximum Gasteiger partial charge on any atom is 0.0973 e. The first-order chi connectivity index (χ1) is 8.77. The predicted octanol–water partition coefficient (Wildman–Crippen LogP) is 3.12. The molecular weight excluding hydrogens is 260 g/mol. The number of aliphatic hydroxyl groups is 1. The van der Waals surface area contributed by atoms with Crippen LogP contribution in [-0.4, -0.2) is 25.9 Å². The van der Waals surface area contributed by atoms with Crippen molar-refractivity contribution in [1.29, 1.82) is 0 Å².